The van der Waals surface area contributed by atoms with E-state index in [1.807, 2.05) is 6.92 Å². The molecule has 236 valence electrons. The number of nitrogens with two attached hydrogens (primary N) is 1. The van der Waals surface area contributed by atoms with E-state index >= 15 is 0 Å². The monoisotopic (exact) mass is 633 g/mol. The number of benzene rings is 2. The molecule has 0 bridgehead atoms. The highest BCUT2D eigenvalue weighted by Crippen LogP contribution is 2.33. The minimum atomic E-state index is -4.67. The average Bonchev–Trinajstić information content (AvgIpc) is 2.97. The molecule has 2 aromatic carbocycles. The summed E-state index contributed by atoms with van der Waals surface area (Å²) in [6, 6.07) is 9.39. The molecule has 2 amide bonds. The van der Waals surface area contributed by atoms with Gasteiger partial charge in [0.1, 0.15) is 4.99 Å². The SMILES string of the molecule is CCCC(=O)/C=C/CNC(=O)C(=O)NCc1ccccc1C(=S)NC(C)c1cc(C(=C/N)/C=N/C(C)F)cc(C(F)(F)F)c1. The molecule has 2 atom stereocenters. The number of allylic oxidation sites excluding steroid dienone is 2. The van der Waals surface area contributed by atoms with Gasteiger partial charge in [0.25, 0.3) is 0 Å². The maximum atomic E-state index is 13.8. The van der Waals surface area contributed by atoms with Crippen LogP contribution in [0.2, 0.25) is 0 Å². The Morgan fingerprint density at radius 2 is 1.75 bits per heavy atom. The van der Waals surface area contributed by atoms with Gasteiger partial charge in [-0.25, -0.2) is 4.39 Å². The lowest BCUT2D eigenvalue weighted by molar-refractivity contribution is -0.139. The summed E-state index contributed by atoms with van der Waals surface area (Å²) >= 11 is 5.56. The van der Waals surface area contributed by atoms with Crippen LogP contribution in [-0.2, 0) is 27.1 Å². The Bertz CT molecular complexity index is 1440. The van der Waals surface area contributed by atoms with Crippen LogP contribution in [-0.4, -0.2) is 41.6 Å². The number of thiocarbonyl (C=S) groups is 1. The van der Waals surface area contributed by atoms with E-state index in [0.29, 0.717) is 24.0 Å². The number of halogens is 4. The van der Waals surface area contributed by atoms with E-state index in [-0.39, 0.29) is 40.6 Å². The van der Waals surface area contributed by atoms with Crippen molar-refractivity contribution in [3.05, 3.63) is 88.6 Å². The molecule has 0 spiro atoms. The van der Waals surface area contributed by atoms with Crippen LogP contribution in [0.4, 0.5) is 17.6 Å². The molecule has 0 fully saturated rings. The van der Waals surface area contributed by atoms with Crippen LogP contribution in [0, 0.1) is 0 Å². The van der Waals surface area contributed by atoms with E-state index in [1.165, 1.54) is 25.1 Å². The number of nitrogens with one attached hydrogen (secondary N) is 3. The van der Waals surface area contributed by atoms with Crippen LogP contribution in [0.15, 0.2) is 65.8 Å². The number of carbonyl (C=O) groups is 3. The minimum Gasteiger partial charge on any atom is -0.404 e. The first-order valence-corrected chi connectivity index (χ1v) is 14.1. The van der Waals surface area contributed by atoms with Crippen molar-refractivity contribution in [3.63, 3.8) is 0 Å². The third-order valence-corrected chi connectivity index (χ3v) is 6.49. The summed E-state index contributed by atoms with van der Waals surface area (Å²) < 4.78 is 54.5. The van der Waals surface area contributed by atoms with Gasteiger partial charge in [-0.05, 0) is 61.2 Å². The molecule has 13 heteroatoms. The first kappa shape index (κ1) is 35.8. The molecule has 0 heterocycles. The number of amides is 2. The average molecular weight is 634 g/mol. The Labute approximate surface area is 258 Å². The molecular weight excluding hydrogens is 598 g/mol. The van der Waals surface area contributed by atoms with Crippen LogP contribution in [0.3, 0.4) is 0 Å². The van der Waals surface area contributed by atoms with Crippen LogP contribution in [0.1, 0.15) is 67.5 Å². The minimum absolute atomic E-state index is 0.00573. The summed E-state index contributed by atoms with van der Waals surface area (Å²) in [6.45, 7) is 4.61. The fraction of sp³-hybridized carbons (Fsp3) is 0.323. The summed E-state index contributed by atoms with van der Waals surface area (Å²) in [6.07, 6.45) is -0.221. The molecule has 8 nitrogen and oxygen atoms in total. The molecule has 0 aromatic heterocycles. The summed E-state index contributed by atoms with van der Waals surface area (Å²) in [5.41, 5.74) is 6.13. The van der Waals surface area contributed by atoms with Gasteiger partial charge in [0.15, 0.2) is 12.1 Å². The highest BCUT2D eigenvalue weighted by atomic mass is 32.1. The zero-order valence-electron chi connectivity index (χ0n) is 24.5. The van der Waals surface area contributed by atoms with Gasteiger partial charge in [-0.15, -0.1) is 0 Å². The van der Waals surface area contributed by atoms with Crippen molar-refractivity contribution in [1.29, 1.82) is 0 Å². The molecule has 2 aromatic rings. The van der Waals surface area contributed by atoms with Crippen molar-refractivity contribution >= 4 is 46.6 Å². The highest BCUT2D eigenvalue weighted by molar-refractivity contribution is 7.80. The second-order valence-electron chi connectivity index (χ2n) is 9.68. The number of ketones is 1. The van der Waals surface area contributed by atoms with Crippen molar-refractivity contribution < 1.29 is 31.9 Å². The molecule has 5 N–H and O–H groups in total. The van der Waals surface area contributed by atoms with Gasteiger partial charge in [0.05, 0.1) is 5.56 Å². The van der Waals surface area contributed by atoms with Crippen molar-refractivity contribution in [3.8, 4) is 0 Å². The van der Waals surface area contributed by atoms with Gasteiger partial charge in [-0.2, -0.15) is 13.2 Å². The number of hydrogen-bond donors (Lipinski definition) is 4. The van der Waals surface area contributed by atoms with Gasteiger partial charge in [-0.3, -0.25) is 19.4 Å². The Balaban J connectivity index is 2.17. The van der Waals surface area contributed by atoms with E-state index in [9.17, 15) is 31.9 Å². The maximum Gasteiger partial charge on any atom is 0.416 e. The predicted octanol–water partition coefficient (Wildman–Crippen LogP) is 5.08. The van der Waals surface area contributed by atoms with Gasteiger partial charge >= 0.3 is 18.0 Å². The molecule has 2 rings (SSSR count). The zero-order valence-corrected chi connectivity index (χ0v) is 25.3. The van der Waals surface area contributed by atoms with Crippen molar-refractivity contribution in [1.82, 2.24) is 16.0 Å². The van der Waals surface area contributed by atoms with Crippen LogP contribution >= 0.6 is 12.2 Å². The fourth-order valence-electron chi connectivity index (χ4n) is 3.89. The van der Waals surface area contributed by atoms with E-state index in [1.54, 1.807) is 31.2 Å². The molecule has 0 saturated heterocycles. The highest BCUT2D eigenvalue weighted by Gasteiger charge is 2.32. The Kier molecular flexibility index (Phi) is 13.9. The van der Waals surface area contributed by atoms with Crippen molar-refractivity contribution in [2.75, 3.05) is 6.54 Å². The van der Waals surface area contributed by atoms with E-state index in [0.717, 1.165) is 24.5 Å². The molecular formula is C31H35F4N5O3S. The molecule has 44 heavy (non-hydrogen) atoms. The fourth-order valence-corrected chi connectivity index (χ4v) is 4.27. The summed E-state index contributed by atoms with van der Waals surface area (Å²) in [5, 5.41) is 7.93. The number of alkyl halides is 4. The largest absolute Gasteiger partial charge is 0.416 e. The number of nitrogens with zero attached hydrogens (tertiary/aromatic N) is 1. The van der Waals surface area contributed by atoms with Crippen LogP contribution in [0.25, 0.3) is 5.57 Å². The second kappa shape index (κ2) is 17.0. The van der Waals surface area contributed by atoms with Crippen molar-refractivity contribution in [2.45, 2.75) is 58.7 Å². The first-order valence-electron chi connectivity index (χ1n) is 13.7. The van der Waals surface area contributed by atoms with Crippen LogP contribution in [0.5, 0.6) is 0 Å². The van der Waals surface area contributed by atoms with Gasteiger partial charge in [0, 0.05) is 49.1 Å². The molecule has 2 unspecified atom stereocenters. The summed E-state index contributed by atoms with van der Waals surface area (Å²) in [5.74, 6) is -1.86. The lowest BCUT2D eigenvalue weighted by atomic mass is 9.97. The lowest BCUT2D eigenvalue weighted by Gasteiger charge is -2.21. The molecule has 0 aliphatic heterocycles. The van der Waals surface area contributed by atoms with E-state index in [4.69, 9.17) is 18.0 Å². The number of rotatable bonds is 13. The van der Waals surface area contributed by atoms with E-state index < -0.39 is 35.9 Å². The third kappa shape index (κ3) is 11.4. The summed E-state index contributed by atoms with van der Waals surface area (Å²) in [7, 11) is 0. The van der Waals surface area contributed by atoms with Gasteiger partial charge in [0.2, 0.25) is 0 Å². The topological polar surface area (TPSA) is 126 Å². The zero-order chi connectivity index (χ0) is 32.9. The van der Waals surface area contributed by atoms with Gasteiger partial charge < -0.3 is 21.7 Å². The molecule has 0 radical (unpaired) electrons. The smallest absolute Gasteiger partial charge is 0.404 e. The molecule has 0 aliphatic carbocycles. The summed E-state index contributed by atoms with van der Waals surface area (Å²) in [4.78, 5) is 39.7. The quantitative estimate of drug-likeness (QED) is 0.0610. The number of carbonyl (C=O) groups excluding carboxylic acids is 3. The Morgan fingerprint density at radius 3 is 2.39 bits per heavy atom. The Morgan fingerprint density at radius 1 is 1.07 bits per heavy atom. The predicted molar refractivity (Wildman–Crippen MR) is 166 cm³/mol. The first-order chi connectivity index (χ1) is 20.8. The third-order valence-electron chi connectivity index (χ3n) is 6.15. The number of hydrogen-bond acceptors (Lipinski definition) is 6. The molecule has 0 aliphatic rings. The number of aliphatic imine (C=N–C) groups is 1. The van der Waals surface area contributed by atoms with Crippen LogP contribution < -0.4 is 21.7 Å². The maximum absolute atomic E-state index is 13.8. The second-order valence-corrected chi connectivity index (χ2v) is 10.1. The normalized spacial score (nSPS) is 13.5. The van der Waals surface area contributed by atoms with Crippen molar-refractivity contribution in [2.24, 2.45) is 10.7 Å². The van der Waals surface area contributed by atoms with Gasteiger partial charge in [-0.1, -0.05) is 49.5 Å². The lowest BCUT2D eigenvalue weighted by Crippen LogP contribution is -2.40. The Hall–Kier alpha value is -4.39. The molecule has 0 saturated carbocycles. The standard InChI is InChI=1S/C31H35F4N5O3S/c1-4-8-26(41)10-7-12-37-28(42)29(43)39-17-21-9-5-6-11-27(21)30(44)40-19(2)22-13-23(15-25(14-22)31(33,34)35)24(16-36)18-38-20(3)32/h5-7,9-11,13-16,18-20H,4,8,12,17,36H2,1-3H3,(H,37,42)(H,39,43)(H,40,44)/b10-7+,24-16+,38-18+. The van der Waals surface area contributed by atoms with E-state index in [2.05, 4.69) is 20.9 Å².